The summed E-state index contributed by atoms with van der Waals surface area (Å²) in [7, 11) is 1.91. The normalized spacial score (nSPS) is 10.0. The summed E-state index contributed by atoms with van der Waals surface area (Å²) < 4.78 is 7.66. The van der Waals surface area contributed by atoms with E-state index in [0.29, 0.717) is 18.9 Å². The Labute approximate surface area is 130 Å². The smallest absolute Gasteiger partial charge is 0.134 e. The molecule has 0 aliphatic carbocycles. The first-order valence-electron chi connectivity index (χ1n) is 6.95. The van der Waals surface area contributed by atoms with Crippen molar-refractivity contribution < 1.29 is 4.74 Å². The third-order valence-corrected chi connectivity index (χ3v) is 3.17. The molecule has 0 saturated carbocycles. The number of aromatic nitrogens is 2. The first-order chi connectivity index (χ1) is 10.2. The summed E-state index contributed by atoms with van der Waals surface area (Å²) in [5, 5.41) is 4.15. The van der Waals surface area contributed by atoms with Gasteiger partial charge in [0.1, 0.15) is 5.75 Å². The lowest BCUT2D eigenvalue weighted by molar-refractivity contribution is 0.321. The maximum atomic E-state index is 5.86. The number of aryl methyl sites for hydroxylation is 2. The highest BCUT2D eigenvalue weighted by Crippen LogP contribution is 2.19. The van der Waals surface area contributed by atoms with Crippen LogP contribution in [-0.4, -0.2) is 22.3 Å². The van der Waals surface area contributed by atoms with Gasteiger partial charge in [-0.15, -0.1) is 11.6 Å². The number of benzene rings is 1. The SMILES string of the molecule is Cc1ccc(OCCc2cnn(C)c2)c(C#CCCCl)c1. The van der Waals surface area contributed by atoms with Crippen molar-refractivity contribution in [2.24, 2.45) is 7.05 Å². The maximum absolute atomic E-state index is 5.86. The molecule has 110 valence electrons. The zero-order chi connectivity index (χ0) is 15.1. The predicted octanol–water partition coefficient (Wildman–Crippen LogP) is 3.33. The van der Waals surface area contributed by atoms with Gasteiger partial charge in [-0.05, 0) is 30.2 Å². The summed E-state index contributed by atoms with van der Waals surface area (Å²) in [4.78, 5) is 0. The van der Waals surface area contributed by atoms with E-state index in [0.717, 1.165) is 17.7 Å². The highest BCUT2D eigenvalue weighted by molar-refractivity contribution is 6.18. The van der Waals surface area contributed by atoms with Gasteiger partial charge in [0.25, 0.3) is 0 Å². The van der Waals surface area contributed by atoms with Crippen LogP contribution in [0.4, 0.5) is 0 Å². The predicted molar refractivity (Wildman–Crippen MR) is 85.8 cm³/mol. The molecule has 0 spiro atoms. The third-order valence-electron chi connectivity index (χ3n) is 2.98. The van der Waals surface area contributed by atoms with Crippen LogP contribution in [0.2, 0.25) is 0 Å². The standard InChI is InChI=1S/C17H19ClN2O/c1-14-6-7-17(16(11-14)5-3-4-9-18)21-10-8-15-12-19-20(2)13-15/h6-7,11-13H,4,8-10H2,1-2H3. The van der Waals surface area contributed by atoms with Crippen LogP contribution in [-0.2, 0) is 13.5 Å². The van der Waals surface area contributed by atoms with Crippen LogP contribution in [0.5, 0.6) is 5.75 Å². The van der Waals surface area contributed by atoms with Crippen molar-refractivity contribution in [3.63, 3.8) is 0 Å². The Morgan fingerprint density at radius 1 is 1.38 bits per heavy atom. The number of hydrogen-bond acceptors (Lipinski definition) is 2. The van der Waals surface area contributed by atoms with Crippen molar-refractivity contribution >= 4 is 11.6 Å². The molecule has 1 heterocycles. The number of halogens is 1. The Balaban J connectivity index is 2.00. The van der Waals surface area contributed by atoms with E-state index in [1.54, 1.807) is 4.68 Å². The molecule has 1 aromatic carbocycles. The monoisotopic (exact) mass is 302 g/mol. The molecule has 0 atom stereocenters. The Morgan fingerprint density at radius 3 is 2.95 bits per heavy atom. The fraction of sp³-hybridized carbons (Fsp3) is 0.353. The number of ether oxygens (including phenoxy) is 1. The summed E-state index contributed by atoms with van der Waals surface area (Å²) in [6, 6.07) is 6.05. The molecule has 0 aliphatic heterocycles. The van der Waals surface area contributed by atoms with Gasteiger partial charge in [0.2, 0.25) is 0 Å². The lowest BCUT2D eigenvalue weighted by Crippen LogP contribution is -2.02. The van der Waals surface area contributed by atoms with Crippen LogP contribution in [0.15, 0.2) is 30.6 Å². The fourth-order valence-corrected chi connectivity index (χ4v) is 2.05. The molecule has 0 amide bonds. The van der Waals surface area contributed by atoms with Crippen LogP contribution in [0.3, 0.4) is 0 Å². The first kappa shape index (κ1) is 15.5. The molecule has 0 bridgehead atoms. The minimum absolute atomic E-state index is 0.552. The van der Waals surface area contributed by atoms with E-state index < -0.39 is 0 Å². The van der Waals surface area contributed by atoms with Crippen molar-refractivity contribution in [1.29, 1.82) is 0 Å². The largest absolute Gasteiger partial charge is 0.492 e. The summed E-state index contributed by atoms with van der Waals surface area (Å²) in [5.41, 5.74) is 3.26. The Bertz CT molecular complexity index is 652. The zero-order valence-corrected chi connectivity index (χ0v) is 13.2. The summed E-state index contributed by atoms with van der Waals surface area (Å²) >= 11 is 5.65. The van der Waals surface area contributed by atoms with Crippen LogP contribution in [0, 0.1) is 18.8 Å². The second kappa shape index (κ2) is 7.75. The van der Waals surface area contributed by atoms with Gasteiger partial charge in [-0.2, -0.15) is 5.10 Å². The van der Waals surface area contributed by atoms with Crippen molar-refractivity contribution in [2.75, 3.05) is 12.5 Å². The second-order valence-electron chi connectivity index (χ2n) is 4.86. The molecule has 2 rings (SSSR count). The molecule has 0 fully saturated rings. The lowest BCUT2D eigenvalue weighted by Gasteiger charge is -2.08. The fourth-order valence-electron chi connectivity index (χ4n) is 1.95. The van der Waals surface area contributed by atoms with Crippen molar-refractivity contribution in [3.8, 4) is 17.6 Å². The number of rotatable bonds is 5. The van der Waals surface area contributed by atoms with Crippen LogP contribution in [0.25, 0.3) is 0 Å². The van der Waals surface area contributed by atoms with E-state index in [4.69, 9.17) is 16.3 Å². The topological polar surface area (TPSA) is 27.1 Å². The van der Waals surface area contributed by atoms with Crippen LogP contribution < -0.4 is 4.74 Å². The van der Waals surface area contributed by atoms with Gasteiger partial charge in [0.05, 0.1) is 18.4 Å². The molecule has 2 aromatic rings. The van der Waals surface area contributed by atoms with Gasteiger partial charge >= 0.3 is 0 Å². The molecule has 0 N–H and O–H groups in total. The zero-order valence-electron chi connectivity index (χ0n) is 12.4. The molecule has 0 saturated heterocycles. The summed E-state index contributed by atoms with van der Waals surface area (Å²) in [6.07, 6.45) is 5.38. The maximum Gasteiger partial charge on any atom is 0.134 e. The van der Waals surface area contributed by atoms with Gasteiger partial charge < -0.3 is 4.74 Å². The number of alkyl halides is 1. The highest BCUT2D eigenvalue weighted by atomic mass is 35.5. The van der Waals surface area contributed by atoms with Crippen molar-refractivity contribution in [1.82, 2.24) is 9.78 Å². The molecule has 1 aromatic heterocycles. The quantitative estimate of drug-likeness (QED) is 0.626. The van der Waals surface area contributed by atoms with E-state index in [2.05, 4.69) is 16.9 Å². The molecule has 21 heavy (non-hydrogen) atoms. The molecule has 0 radical (unpaired) electrons. The highest BCUT2D eigenvalue weighted by Gasteiger charge is 2.03. The Kier molecular flexibility index (Phi) is 5.71. The second-order valence-corrected chi connectivity index (χ2v) is 5.24. The average molecular weight is 303 g/mol. The van der Waals surface area contributed by atoms with Crippen LogP contribution in [0.1, 0.15) is 23.1 Å². The molecule has 0 unspecified atom stereocenters. The van der Waals surface area contributed by atoms with Gasteiger partial charge in [-0.3, -0.25) is 4.68 Å². The average Bonchev–Trinajstić information content (AvgIpc) is 2.87. The van der Waals surface area contributed by atoms with Gasteiger partial charge in [-0.1, -0.05) is 17.9 Å². The van der Waals surface area contributed by atoms with Gasteiger partial charge in [0.15, 0.2) is 0 Å². The lowest BCUT2D eigenvalue weighted by atomic mass is 10.1. The van der Waals surface area contributed by atoms with Crippen LogP contribution >= 0.6 is 11.6 Å². The Morgan fingerprint density at radius 2 is 2.24 bits per heavy atom. The van der Waals surface area contributed by atoms with Gasteiger partial charge in [-0.25, -0.2) is 0 Å². The van der Waals surface area contributed by atoms with E-state index >= 15 is 0 Å². The summed E-state index contributed by atoms with van der Waals surface area (Å²) in [6.45, 7) is 2.66. The molecule has 3 nitrogen and oxygen atoms in total. The van der Waals surface area contributed by atoms with E-state index in [1.807, 2.05) is 44.6 Å². The number of hydrogen-bond donors (Lipinski definition) is 0. The minimum Gasteiger partial charge on any atom is -0.492 e. The number of nitrogens with zero attached hydrogens (tertiary/aromatic N) is 2. The molecular weight excluding hydrogens is 284 g/mol. The third kappa shape index (κ3) is 4.84. The summed E-state index contributed by atoms with van der Waals surface area (Å²) in [5.74, 6) is 7.56. The minimum atomic E-state index is 0.552. The Hall–Kier alpha value is -1.92. The van der Waals surface area contributed by atoms with E-state index in [9.17, 15) is 0 Å². The first-order valence-corrected chi connectivity index (χ1v) is 7.48. The van der Waals surface area contributed by atoms with E-state index in [1.165, 1.54) is 11.1 Å². The van der Waals surface area contributed by atoms with Gasteiger partial charge in [0, 0.05) is 32.0 Å². The van der Waals surface area contributed by atoms with Crippen molar-refractivity contribution in [3.05, 3.63) is 47.3 Å². The molecule has 0 aliphatic rings. The molecule has 4 heteroatoms. The van der Waals surface area contributed by atoms with E-state index in [-0.39, 0.29) is 0 Å². The molecular formula is C17H19ClN2O. The van der Waals surface area contributed by atoms with Crippen molar-refractivity contribution in [2.45, 2.75) is 19.8 Å².